The van der Waals surface area contributed by atoms with Crippen molar-refractivity contribution in [3.8, 4) is 5.75 Å². The molecule has 1 amide bonds. The number of amides is 1. The van der Waals surface area contributed by atoms with Crippen molar-refractivity contribution in [2.75, 3.05) is 6.61 Å². The molecule has 1 aromatic rings. The third kappa shape index (κ3) is 5.75. The Kier molecular flexibility index (Phi) is 6.22. The van der Waals surface area contributed by atoms with E-state index in [1.807, 2.05) is 0 Å². The summed E-state index contributed by atoms with van der Waals surface area (Å²) in [7, 11) is 0. The summed E-state index contributed by atoms with van der Waals surface area (Å²) in [4.78, 5) is 22.9. The molecule has 24 heavy (non-hydrogen) atoms. The molecule has 0 heterocycles. The van der Waals surface area contributed by atoms with Crippen LogP contribution in [0.4, 0.5) is 13.2 Å². The maximum atomic E-state index is 12.4. The molecule has 1 atom stereocenters. The van der Waals surface area contributed by atoms with Gasteiger partial charge >= 0.3 is 12.1 Å². The molecule has 1 unspecified atom stereocenters. The van der Waals surface area contributed by atoms with E-state index in [0.29, 0.717) is 0 Å². The highest BCUT2D eigenvalue weighted by atomic mass is 19.4. The fourth-order valence-corrected chi connectivity index (χ4v) is 1.95. The largest absolute Gasteiger partial charge is 0.484 e. The van der Waals surface area contributed by atoms with Gasteiger partial charge < -0.3 is 15.2 Å². The van der Waals surface area contributed by atoms with Crippen molar-refractivity contribution in [3.63, 3.8) is 0 Å². The Morgan fingerprint density at radius 3 is 2.17 bits per heavy atom. The van der Waals surface area contributed by atoms with Gasteiger partial charge in [-0.3, -0.25) is 9.59 Å². The van der Waals surface area contributed by atoms with Gasteiger partial charge in [0.2, 0.25) is 0 Å². The van der Waals surface area contributed by atoms with E-state index in [0.717, 1.165) is 24.3 Å². The molecule has 0 radical (unpaired) electrons. The zero-order valence-electron chi connectivity index (χ0n) is 13.6. The van der Waals surface area contributed by atoms with Gasteiger partial charge in [0.1, 0.15) is 5.75 Å². The summed E-state index contributed by atoms with van der Waals surface area (Å²) in [6, 6.07) is 3.95. The van der Waals surface area contributed by atoms with E-state index in [4.69, 9.17) is 9.84 Å². The number of hydrogen-bond acceptors (Lipinski definition) is 3. The van der Waals surface area contributed by atoms with Crippen LogP contribution in [0.1, 0.15) is 32.8 Å². The standard InChI is InChI=1S/C16H20F3NO4/c1-10(2)15(3,8-14(22)23)20-13(21)9-24-12-6-4-11(5-7-12)16(17,18)19/h4-7,10H,8-9H2,1-3H3,(H,20,21)(H,22,23). The second-order valence-electron chi connectivity index (χ2n) is 6.00. The number of carbonyl (C=O) groups is 2. The van der Waals surface area contributed by atoms with Crippen molar-refractivity contribution in [2.45, 2.75) is 38.9 Å². The fourth-order valence-electron chi connectivity index (χ4n) is 1.95. The van der Waals surface area contributed by atoms with Crippen LogP contribution in [0.2, 0.25) is 0 Å². The molecule has 0 saturated carbocycles. The van der Waals surface area contributed by atoms with Crippen LogP contribution >= 0.6 is 0 Å². The lowest BCUT2D eigenvalue weighted by Gasteiger charge is -2.33. The Morgan fingerprint density at radius 1 is 1.21 bits per heavy atom. The summed E-state index contributed by atoms with van der Waals surface area (Å²) >= 11 is 0. The molecule has 0 fully saturated rings. The van der Waals surface area contributed by atoms with Crippen LogP contribution in [0.25, 0.3) is 0 Å². The molecule has 0 spiro atoms. The van der Waals surface area contributed by atoms with Gasteiger partial charge in [-0.05, 0) is 37.1 Å². The van der Waals surface area contributed by atoms with Gasteiger partial charge in [0, 0.05) is 0 Å². The van der Waals surface area contributed by atoms with Crippen molar-refractivity contribution in [2.24, 2.45) is 5.92 Å². The van der Waals surface area contributed by atoms with Gasteiger partial charge in [0.15, 0.2) is 6.61 Å². The topological polar surface area (TPSA) is 75.6 Å². The molecule has 0 aliphatic heterocycles. The van der Waals surface area contributed by atoms with Crippen LogP contribution < -0.4 is 10.1 Å². The molecule has 0 aliphatic carbocycles. The molecule has 5 nitrogen and oxygen atoms in total. The summed E-state index contributed by atoms with van der Waals surface area (Å²) in [6.45, 7) is 4.75. The van der Waals surface area contributed by atoms with E-state index >= 15 is 0 Å². The average molecular weight is 347 g/mol. The number of ether oxygens (including phenoxy) is 1. The molecule has 1 rings (SSSR count). The maximum Gasteiger partial charge on any atom is 0.416 e. The fraction of sp³-hybridized carbons (Fsp3) is 0.500. The van der Waals surface area contributed by atoms with E-state index in [-0.39, 0.29) is 18.1 Å². The number of benzene rings is 1. The van der Waals surface area contributed by atoms with E-state index in [1.165, 1.54) is 0 Å². The van der Waals surface area contributed by atoms with Crippen LogP contribution in [-0.4, -0.2) is 29.1 Å². The zero-order chi connectivity index (χ0) is 18.5. The summed E-state index contributed by atoms with van der Waals surface area (Å²) in [5, 5.41) is 11.5. The summed E-state index contributed by atoms with van der Waals surface area (Å²) in [5.41, 5.74) is -1.76. The predicted molar refractivity (Wildman–Crippen MR) is 80.6 cm³/mol. The van der Waals surface area contributed by atoms with Crippen LogP contribution in [0.5, 0.6) is 5.75 Å². The van der Waals surface area contributed by atoms with Gasteiger partial charge in [-0.2, -0.15) is 13.2 Å². The number of hydrogen-bond donors (Lipinski definition) is 2. The minimum atomic E-state index is -4.44. The molecular weight excluding hydrogens is 327 g/mol. The minimum absolute atomic E-state index is 0.114. The van der Waals surface area contributed by atoms with E-state index in [9.17, 15) is 22.8 Å². The van der Waals surface area contributed by atoms with Crippen LogP contribution in [0.15, 0.2) is 24.3 Å². The van der Waals surface area contributed by atoms with Crippen LogP contribution in [-0.2, 0) is 15.8 Å². The normalized spacial score (nSPS) is 14.1. The lowest BCUT2D eigenvalue weighted by Crippen LogP contribution is -2.52. The first-order valence-electron chi connectivity index (χ1n) is 7.27. The smallest absolute Gasteiger partial charge is 0.416 e. The number of nitrogens with one attached hydrogen (secondary N) is 1. The van der Waals surface area contributed by atoms with E-state index < -0.39 is 35.8 Å². The molecule has 2 N–H and O–H groups in total. The SMILES string of the molecule is CC(C)C(C)(CC(=O)O)NC(=O)COc1ccc(C(F)(F)F)cc1. The van der Waals surface area contributed by atoms with Crippen molar-refractivity contribution in [1.29, 1.82) is 0 Å². The lowest BCUT2D eigenvalue weighted by molar-refractivity contribution is -0.140. The first kappa shape index (κ1) is 19.8. The Hall–Kier alpha value is -2.25. The van der Waals surface area contributed by atoms with Crippen molar-refractivity contribution in [1.82, 2.24) is 5.32 Å². The number of carboxylic acids is 1. The highest BCUT2D eigenvalue weighted by Crippen LogP contribution is 2.30. The monoisotopic (exact) mass is 347 g/mol. The molecule has 0 aromatic heterocycles. The van der Waals surface area contributed by atoms with Gasteiger partial charge in [-0.1, -0.05) is 13.8 Å². The first-order valence-corrected chi connectivity index (χ1v) is 7.27. The van der Waals surface area contributed by atoms with E-state index in [1.54, 1.807) is 20.8 Å². The van der Waals surface area contributed by atoms with Crippen LogP contribution in [0.3, 0.4) is 0 Å². The maximum absolute atomic E-state index is 12.4. The van der Waals surface area contributed by atoms with Gasteiger partial charge in [-0.15, -0.1) is 0 Å². The van der Waals surface area contributed by atoms with Gasteiger partial charge in [0.25, 0.3) is 5.91 Å². The Bertz CT molecular complexity index is 584. The number of carboxylic acid groups (broad SMARTS) is 1. The lowest BCUT2D eigenvalue weighted by atomic mass is 9.85. The van der Waals surface area contributed by atoms with Crippen molar-refractivity contribution >= 4 is 11.9 Å². The van der Waals surface area contributed by atoms with Gasteiger partial charge in [-0.25, -0.2) is 0 Å². The highest BCUT2D eigenvalue weighted by molar-refractivity contribution is 5.79. The highest BCUT2D eigenvalue weighted by Gasteiger charge is 2.33. The van der Waals surface area contributed by atoms with Crippen molar-refractivity contribution < 1.29 is 32.6 Å². The predicted octanol–water partition coefficient (Wildman–Crippen LogP) is 3.09. The van der Waals surface area contributed by atoms with Crippen molar-refractivity contribution in [3.05, 3.63) is 29.8 Å². The van der Waals surface area contributed by atoms with Crippen LogP contribution in [0, 0.1) is 5.92 Å². The zero-order valence-corrected chi connectivity index (χ0v) is 13.6. The minimum Gasteiger partial charge on any atom is -0.484 e. The number of aliphatic carboxylic acids is 1. The molecule has 0 bridgehead atoms. The Morgan fingerprint density at radius 2 is 1.75 bits per heavy atom. The average Bonchev–Trinajstić information content (AvgIpc) is 2.43. The number of halogens is 3. The van der Waals surface area contributed by atoms with E-state index in [2.05, 4.69) is 5.32 Å². The molecule has 0 aliphatic rings. The Balaban J connectivity index is 2.63. The summed E-state index contributed by atoms with van der Waals surface area (Å²) in [6.07, 6.45) is -4.69. The van der Waals surface area contributed by atoms with Gasteiger partial charge in [0.05, 0.1) is 17.5 Å². The molecular formula is C16H20F3NO4. The quantitative estimate of drug-likeness (QED) is 0.795. The summed E-state index contributed by atoms with van der Waals surface area (Å²) < 4.78 is 42.5. The first-order chi connectivity index (χ1) is 10.9. The Labute approximate surface area is 137 Å². The number of carbonyl (C=O) groups excluding carboxylic acids is 1. The molecule has 0 saturated heterocycles. The molecule has 134 valence electrons. The molecule has 1 aromatic carbocycles. The third-order valence-electron chi connectivity index (χ3n) is 3.77. The molecule has 8 heteroatoms. The number of alkyl halides is 3. The third-order valence-corrected chi connectivity index (χ3v) is 3.77. The number of rotatable bonds is 7. The second-order valence-corrected chi connectivity index (χ2v) is 6.00. The summed E-state index contributed by atoms with van der Waals surface area (Å²) in [5.74, 6) is -1.62. The second kappa shape index (κ2) is 7.55.